The summed E-state index contributed by atoms with van der Waals surface area (Å²) < 4.78 is 0. The molecule has 23 heavy (non-hydrogen) atoms. The van der Waals surface area contributed by atoms with Crippen LogP contribution in [0.1, 0.15) is 50.9 Å². The van der Waals surface area contributed by atoms with Crippen molar-refractivity contribution in [2.24, 2.45) is 5.41 Å². The molecule has 2 unspecified atom stereocenters. The molecule has 2 rings (SSSR count). The standard InChI is InChI=1S/C20H25NO2/c1-6-20(5,13-9-10-14(2)3)19-18(23)16-11-7-8-12-17(16)21(19)15(4)22/h6-8,10-12,19H,1,9,13H2,2-5H3. The van der Waals surface area contributed by atoms with Crippen LogP contribution in [0, 0.1) is 5.41 Å². The van der Waals surface area contributed by atoms with Gasteiger partial charge in [0.25, 0.3) is 0 Å². The first-order chi connectivity index (χ1) is 10.8. The number of ketones is 1. The number of carbonyl (C=O) groups excluding carboxylic acids is 2. The van der Waals surface area contributed by atoms with E-state index in [0.717, 1.165) is 12.8 Å². The van der Waals surface area contributed by atoms with Crippen LogP contribution in [0.4, 0.5) is 5.69 Å². The number of anilines is 1. The number of hydrogen-bond donors (Lipinski definition) is 0. The van der Waals surface area contributed by atoms with Crippen LogP contribution in [0.25, 0.3) is 0 Å². The lowest BCUT2D eigenvalue weighted by Gasteiger charge is -2.37. The van der Waals surface area contributed by atoms with Gasteiger partial charge in [-0.3, -0.25) is 9.59 Å². The van der Waals surface area contributed by atoms with Crippen molar-refractivity contribution in [2.75, 3.05) is 4.90 Å². The number of benzene rings is 1. The molecule has 0 spiro atoms. The number of nitrogens with zero attached hydrogens (tertiary/aromatic N) is 1. The zero-order valence-corrected chi connectivity index (χ0v) is 14.4. The average molecular weight is 311 g/mol. The van der Waals surface area contributed by atoms with Crippen molar-refractivity contribution < 1.29 is 9.59 Å². The van der Waals surface area contributed by atoms with Crippen molar-refractivity contribution in [3.63, 3.8) is 0 Å². The van der Waals surface area contributed by atoms with Crippen molar-refractivity contribution in [1.29, 1.82) is 0 Å². The Kier molecular flexibility index (Phi) is 4.88. The van der Waals surface area contributed by atoms with Gasteiger partial charge in [0.2, 0.25) is 5.91 Å². The Morgan fingerprint density at radius 3 is 2.52 bits per heavy atom. The number of Topliss-reactive ketones (excluding diaryl/α,β-unsaturated/α-hetero) is 1. The van der Waals surface area contributed by atoms with Gasteiger partial charge in [0.1, 0.15) is 6.04 Å². The summed E-state index contributed by atoms with van der Waals surface area (Å²) in [4.78, 5) is 26.8. The van der Waals surface area contributed by atoms with Crippen LogP contribution in [0.3, 0.4) is 0 Å². The van der Waals surface area contributed by atoms with Gasteiger partial charge in [0.05, 0.1) is 5.69 Å². The third-order valence-electron chi connectivity index (χ3n) is 4.60. The van der Waals surface area contributed by atoms with Gasteiger partial charge < -0.3 is 4.90 Å². The predicted molar refractivity (Wildman–Crippen MR) is 94.7 cm³/mol. The van der Waals surface area contributed by atoms with Crippen LogP contribution in [-0.2, 0) is 4.79 Å². The number of allylic oxidation sites excluding steroid dienone is 2. The van der Waals surface area contributed by atoms with Gasteiger partial charge in [-0.15, -0.1) is 6.58 Å². The van der Waals surface area contributed by atoms with Crippen molar-refractivity contribution in [2.45, 2.75) is 46.6 Å². The van der Waals surface area contributed by atoms with E-state index in [2.05, 4.69) is 26.5 Å². The topological polar surface area (TPSA) is 37.4 Å². The maximum Gasteiger partial charge on any atom is 0.224 e. The van der Waals surface area contributed by atoms with Crippen LogP contribution >= 0.6 is 0 Å². The van der Waals surface area contributed by atoms with E-state index < -0.39 is 11.5 Å². The Hall–Kier alpha value is -2.16. The molecule has 1 amide bonds. The normalized spacial score (nSPS) is 19.0. The van der Waals surface area contributed by atoms with Crippen LogP contribution < -0.4 is 4.90 Å². The molecule has 0 aromatic heterocycles. The second kappa shape index (κ2) is 6.53. The molecule has 1 heterocycles. The molecule has 0 fully saturated rings. The molecule has 0 saturated carbocycles. The van der Waals surface area contributed by atoms with Gasteiger partial charge >= 0.3 is 0 Å². The van der Waals surface area contributed by atoms with Gasteiger partial charge in [0.15, 0.2) is 5.78 Å². The summed E-state index contributed by atoms with van der Waals surface area (Å²) >= 11 is 0. The van der Waals surface area contributed by atoms with Crippen LogP contribution in [-0.4, -0.2) is 17.7 Å². The second-order valence-electron chi connectivity index (χ2n) is 6.70. The number of para-hydroxylation sites is 1. The number of rotatable bonds is 5. The molecule has 0 saturated heterocycles. The highest BCUT2D eigenvalue weighted by Crippen LogP contribution is 2.43. The summed E-state index contributed by atoms with van der Waals surface area (Å²) in [5, 5.41) is 0. The monoisotopic (exact) mass is 311 g/mol. The zero-order valence-electron chi connectivity index (χ0n) is 14.4. The van der Waals surface area contributed by atoms with E-state index in [4.69, 9.17) is 0 Å². The third kappa shape index (κ3) is 3.14. The Labute approximate surface area is 138 Å². The summed E-state index contributed by atoms with van der Waals surface area (Å²) in [5.41, 5.74) is 2.13. The van der Waals surface area contributed by atoms with Crippen molar-refractivity contribution in [3.8, 4) is 0 Å². The minimum Gasteiger partial charge on any atom is -0.300 e. The Morgan fingerprint density at radius 1 is 1.30 bits per heavy atom. The summed E-state index contributed by atoms with van der Waals surface area (Å²) in [6.07, 6.45) is 5.62. The first kappa shape index (κ1) is 17.2. The van der Waals surface area contributed by atoms with E-state index in [1.807, 2.05) is 31.2 Å². The first-order valence-electron chi connectivity index (χ1n) is 8.02. The maximum atomic E-state index is 13.0. The summed E-state index contributed by atoms with van der Waals surface area (Å²) in [7, 11) is 0. The van der Waals surface area contributed by atoms with Crippen LogP contribution in [0.15, 0.2) is 48.6 Å². The van der Waals surface area contributed by atoms with Crippen LogP contribution in [0.5, 0.6) is 0 Å². The fourth-order valence-electron chi connectivity index (χ4n) is 3.26. The summed E-state index contributed by atoms with van der Waals surface area (Å²) in [6.45, 7) is 11.6. The first-order valence-corrected chi connectivity index (χ1v) is 8.02. The zero-order chi connectivity index (χ0) is 17.2. The average Bonchev–Trinajstić information content (AvgIpc) is 2.81. The molecule has 0 bridgehead atoms. The Morgan fingerprint density at radius 2 is 1.96 bits per heavy atom. The van der Waals surface area contributed by atoms with Gasteiger partial charge in [0, 0.05) is 17.9 Å². The fraction of sp³-hybridized carbons (Fsp3) is 0.400. The molecular formula is C20H25NO2. The minimum atomic E-state index is -0.513. The number of fused-ring (bicyclic) bond motifs is 1. The number of amides is 1. The third-order valence-corrected chi connectivity index (χ3v) is 4.60. The lowest BCUT2D eigenvalue weighted by atomic mass is 9.76. The molecule has 0 aliphatic carbocycles. The number of hydrogen-bond acceptors (Lipinski definition) is 2. The van der Waals surface area contributed by atoms with E-state index in [-0.39, 0.29) is 11.7 Å². The molecule has 122 valence electrons. The Bertz CT molecular complexity index is 670. The van der Waals surface area contributed by atoms with Gasteiger partial charge in [-0.1, -0.05) is 36.8 Å². The fourth-order valence-corrected chi connectivity index (χ4v) is 3.26. The molecule has 2 atom stereocenters. The minimum absolute atomic E-state index is 0.00963. The molecule has 1 aromatic rings. The molecule has 1 aromatic carbocycles. The molecule has 3 nitrogen and oxygen atoms in total. The highest BCUT2D eigenvalue weighted by atomic mass is 16.2. The van der Waals surface area contributed by atoms with E-state index in [0.29, 0.717) is 11.3 Å². The van der Waals surface area contributed by atoms with Gasteiger partial charge in [-0.05, 0) is 38.8 Å². The molecule has 3 heteroatoms. The quantitative estimate of drug-likeness (QED) is 0.748. The lowest BCUT2D eigenvalue weighted by molar-refractivity contribution is -0.117. The summed E-state index contributed by atoms with van der Waals surface area (Å²) in [5.74, 6) is -0.0982. The SMILES string of the molecule is C=CC(C)(CCC=C(C)C)C1C(=O)c2ccccc2N1C(C)=O. The number of carbonyl (C=O) groups is 2. The smallest absolute Gasteiger partial charge is 0.224 e. The van der Waals surface area contributed by atoms with Crippen molar-refractivity contribution >= 4 is 17.4 Å². The highest BCUT2D eigenvalue weighted by Gasteiger charge is 2.48. The molecule has 1 aliphatic heterocycles. The van der Waals surface area contributed by atoms with Crippen LogP contribution in [0.2, 0.25) is 0 Å². The maximum absolute atomic E-state index is 13.0. The molecule has 0 radical (unpaired) electrons. The van der Waals surface area contributed by atoms with Gasteiger partial charge in [-0.2, -0.15) is 0 Å². The second-order valence-corrected chi connectivity index (χ2v) is 6.70. The van der Waals surface area contributed by atoms with Crippen molar-refractivity contribution in [1.82, 2.24) is 0 Å². The van der Waals surface area contributed by atoms with Gasteiger partial charge in [-0.25, -0.2) is 0 Å². The summed E-state index contributed by atoms with van der Waals surface area (Å²) in [6, 6.07) is 6.83. The Balaban J connectivity index is 2.43. The largest absolute Gasteiger partial charge is 0.300 e. The van der Waals surface area contributed by atoms with E-state index >= 15 is 0 Å². The molecular weight excluding hydrogens is 286 g/mol. The van der Waals surface area contributed by atoms with Crippen molar-refractivity contribution in [3.05, 3.63) is 54.1 Å². The van der Waals surface area contributed by atoms with E-state index in [1.165, 1.54) is 12.5 Å². The molecule has 0 N–H and O–H groups in total. The highest BCUT2D eigenvalue weighted by molar-refractivity contribution is 6.18. The predicted octanol–water partition coefficient (Wildman–Crippen LogP) is 4.54. The lowest BCUT2D eigenvalue weighted by Crippen LogP contribution is -2.49. The molecule has 1 aliphatic rings. The van der Waals surface area contributed by atoms with E-state index in [9.17, 15) is 9.59 Å². The van der Waals surface area contributed by atoms with E-state index in [1.54, 1.807) is 11.0 Å².